The molecular weight excluding hydrogens is 371 g/mol. The zero-order valence-electron chi connectivity index (χ0n) is 16.7. The summed E-state index contributed by atoms with van der Waals surface area (Å²) in [6.07, 6.45) is 4.83. The van der Waals surface area contributed by atoms with Gasteiger partial charge >= 0.3 is 0 Å². The summed E-state index contributed by atoms with van der Waals surface area (Å²) in [4.78, 5) is 13.3. The molecule has 0 heterocycles. The molecule has 0 N–H and O–H groups in total. The Labute approximate surface area is 168 Å². The van der Waals surface area contributed by atoms with Gasteiger partial charge in [-0.3, -0.25) is 9.00 Å². The maximum Gasteiger partial charge on any atom is 0.140 e. The Morgan fingerprint density at radius 3 is 2.43 bits per heavy atom. The molecule has 4 heteroatoms. The van der Waals surface area contributed by atoms with Crippen LogP contribution in [0, 0.1) is 11.7 Å². The number of Topliss-reactive ketones (excluding diaryl/α,β-unsaturated/α-hetero) is 1. The molecule has 28 heavy (non-hydrogen) atoms. The molecule has 2 aromatic carbocycles. The van der Waals surface area contributed by atoms with E-state index < -0.39 is 10.8 Å². The van der Waals surface area contributed by atoms with Crippen molar-refractivity contribution < 1.29 is 13.4 Å². The SMILES string of the molecule is CCC(C)C(=O)CC1=C(C)/C(=C/c2ccc(S(C)=O)cc2)c2ccc(F)cc21. The third-order valence-corrected chi connectivity index (χ3v) is 6.43. The van der Waals surface area contributed by atoms with E-state index in [4.69, 9.17) is 0 Å². The summed E-state index contributed by atoms with van der Waals surface area (Å²) >= 11 is 0. The molecule has 0 aliphatic heterocycles. The maximum absolute atomic E-state index is 13.9. The van der Waals surface area contributed by atoms with Crippen LogP contribution in [0.1, 0.15) is 50.3 Å². The molecule has 0 amide bonds. The number of carbonyl (C=O) groups is 1. The number of carbonyl (C=O) groups excluding carboxylic acids is 1. The van der Waals surface area contributed by atoms with Gasteiger partial charge in [-0.25, -0.2) is 4.39 Å². The Kier molecular flexibility index (Phi) is 6.09. The highest BCUT2D eigenvalue weighted by Crippen LogP contribution is 2.44. The predicted molar refractivity (Wildman–Crippen MR) is 115 cm³/mol. The summed E-state index contributed by atoms with van der Waals surface area (Å²) in [6.45, 7) is 5.94. The average molecular weight is 397 g/mol. The highest BCUT2D eigenvalue weighted by molar-refractivity contribution is 7.84. The molecule has 1 aliphatic carbocycles. The molecule has 2 aromatic rings. The molecule has 3 rings (SSSR count). The van der Waals surface area contributed by atoms with Crippen LogP contribution < -0.4 is 0 Å². The number of hydrogen-bond acceptors (Lipinski definition) is 2. The van der Waals surface area contributed by atoms with Crippen LogP contribution in [0.3, 0.4) is 0 Å². The number of fused-ring (bicyclic) bond motifs is 1. The lowest BCUT2D eigenvalue weighted by atomic mass is 9.93. The van der Waals surface area contributed by atoms with Crippen molar-refractivity contribution in [3.05, 3.63) is 70.5 Å². The van der Waals surface area contributed by atoms with Crippen molar-refractivity contribution in [2.24, 2.45) is 5.92 Å². The second-order valence-electron chi connectivity index (χ2n) is 7.33. The fourth-order valence-corrected chi connectivity index (χ4v) is 4.00. The predicted octanol–water partition coefficient (Wildman–Crippen LogP) is 5.90. The maximum atomic E-state index is 13.9. The van der Waals surface area contributed by atoms with E-state index in [2.05, 4.69) is 6.08 Å². The number of benzene rings is 2. The van der Waals surface area contributed by atoms with Crippen molar-refractivity contribution in [1.29, 1.82) is 0 Å². The minimum atomic E-state index is -1.01. The first-order valence-corrected chi connectivity index (χ1v) is 11.1. The summed E-state index contributed by atoms with van der Waals surface area (Å²) < 4.78 is 25.5. The van der Waals surface area contributed by atoms with Crippen LogP contribution in [0.25, 0.3) is 17.2 Å². The number of ketones is 1. The smallest absolute Gasteiger partial charge is 0.140 e. The van der Waals surface area contributed by atoms with Gasteiger partial charge in [0, 0.05) is 34.3 Å². The van der Waals surface area contributed by atoms with E-state index in [0.717, 1.165) is 44.7 Å². The Morgan fingerprint density at radius 2 is 1.82 bits per heavy atom. The second kappa shape index (κ2) is 8.36. The molecule has 0 bridgehead atoms. The van der Waals surface area contributed by atoms with Crippen molar-refractivity contribution >= 4 is 33.8 Å². The first kappa shape index (κ1) is 20.4. The number of rotatable bonds is 6. The zero-order valence-corrected chi connectivity index (χ0v) is 17.5. The van der Waals surface area contributed by atoms with E-state index in [0.29, 0.717) is 6.42 Å². The highest BCUT2D eigenvalue weighted by Gasteiger charge is 2.26. The van der Waals surface area contributed by atoms with Crippen molar-refractivity contribution in [1.82, 2.24) is 0 Å². The van der Waals surface area contributed by atoms with Gasteiger partial charge in [-0.2, -0.15) is 0 Å². The van der Waals surface area contributed by atoms with E-state index in [1.165, 1.54) is 12.1 Å². The Morgan fingerprint density at radius 1 is 1.14 bits per heavy atom. The molecule has 2 atom stereocenters. The van der Waals surface area contributed by atoms with Crippen molar-refractivity contribution in [2.45, 2.75) is 38.5 Å². The molecule has 0 saturated heterocycles. The van der Waals surface area contributed by atoms with Gasteiger partial charge in [0.25, 0.3) is 0 Å². The molecule has 0 saturated carbocycles. The lowest BCUT2D eigenvalue weighted by Crippen LogP contribution is -2.10. The molecule has 146 valence electrons. The number of halogens is 1. The van der Waals surface area contributed by atoms with Gasteiger partial charge in [0.15, 0.2) is 0 Å². The van der Waals surface area contributed by atoms with Crippen LogP contribution in [-0.2, 0) is 15.6 Å². The first-order chi connectivity index (χ1) is 13.3. The molecule has 0 fully saturated rings. The van der Waals surface area contributed by atoms with Gasteiger partial charge in [-0.15, -0.1) is 0 Å². The lowest BCUT2D eigenvalue weighted by Gasteiger charge is -2.10. The molecule has 0 radical (unpaired) electrons. The summed E-state index contributed by atoms with van der Waals surface area (Å²) in [7, 11) is -1.01. The van der Waals surface area contributed by atoms with Crippen LogP contribution in [0.15, 0.2) is 52.9 Å². The summed E-state index contributed by atoms with van der Waals surface area (Å²) in [5, 5.41) is 0. The third kappa shape index (κ3) is 4.07. The lowest BCUT2D eigenvalue weighted by molar-refractivity contribution is -0.121. The largest absolute Gasteiger partial charge is 0.299 e. The van der Waals surface area contributed by atoms with Crippen LogP contribution in [-0.4, -0.2) is 16.2 Å². The van der Waals surface area contributed by atoms with E-state index >= 15 is 0 Å². The average Bonchev–Trinajstić information content (AvgIpc) is 2.92. The standard InChI is InChI=1S/C24H25FO2S/c1-5-15(2)24(26)14-22-16(3)21(20-11-8-18(25)13-23(20)22)12-17-6-9-19(10-7-17)28(4)27/h6-13,15H,5,14H2,1-4H3/b21-12-. The van der Waals surface area contributed by atoms with Crippen LogP contribution in [0.5, 0.6) is 0 Å². The summed E-state index contributed by atoms with van der Waals surface area (Å²) in [5.41, 5.74) is 5.68. The molecular formula is C24H25FO2S. The molecule has 1 aliphatic rings. The second-order valence-corrected chi connectivity index (χ2v) is 8.71. The first-order valence-electron chi connectivity index (χ1n) is 9.50. The van der Waals surface area contributed by atoms with Gasteiger partial charge in [-0.1, -0.05) is 32.0 Å². The van der Waals surface area contributed by atoms with Crippen LogP contribution in [0.4, 0.5) is 4.39 Å². The number of hydrogen-bond donors (Lipinski definition) is 0. The highest BCUT2D eigenvalue weighted by atomic mass is 32.2. The van der Waals surface area contributed by atoms with Gasteiger partial charge in [0.05, 0.1) is 0 Å². The van der Waals surface area contributed by atoms with Crippen LogP contribution >= 0.6 is 0 Å². The third-order valence-electron chi connectivity index (χ3n) is 5.49. The van der Waals surface area contributed by atoms with Gasteiger partial charge in [0.2, 0.25) is 0 Å². The summed E-state index contributed by atoms with van der Waals surface area (Å²) in [5.74, 6) is -0.119. The van der Waals surface area contributed by atoms with Gasteiger partial charge < -0.3 is 0 Å². The minimum absolute atomic E-state index is 0.00667. The van der Waals surface area contributed by atoms with Crippen molar-refractivity contribution in [3.63, 3.8) is 0 Å². The topological polar surface area (TPSA) is 34.1 Å². The van der Waals surface area contributed by atoms with E-state index in [9.17, 15) is 13.4 Å². The van der Waals surface area contributed by atoms with E-state index in [1.54, 1.807) is 12.3 Å². The normalized spacial score (nSPS) is 17.0. The van der Waals surface area contributed by atoms with Crippen LogP contribution in [0.2, 0.25) is 0 Å². The van der Waals surface area contributed by atoms with Gasteiger partial charge in [-0.05, 0) is 77.1 Å². The van der Waals surface area contributed by atoms with Gasteiger partial charge in [0.1, 0.15) is 11.6 Å². The van der Waals surface area contributed by atoms with E-state index in [1.807, 2.05) is 45.0 Å². The van der Waals surface area contributed by atoms with Crippen molar-refractivity contribution in [2.75, 3.05) is 6.26 Å². The monoisotopic (exact) mass is 396 g/mol. The zero-order chi connectivity index (χ0) is 20.4. The Hall–Kier alpha value is -2.33. The molecule has 0 spiro atoms. The Balaban J connectivity index is 2.05. The summed E-state index contributed by atoms with van der Waals surface area (Å²) in [6, 6.07) is 12.4. The Bertz CT molecular complexity index is 1000. The quantitative estimate of drug-likeness (QED) is 0.609. The molecule has 2 unspecified atom stereocenters. The molecule has 2 nitrogen and oxygen atoms in total. The number of allylic oxidation sites excluding steroid dienone is 3. The van der Waals surface area contributed by atoms with E-state index in [-0.39, 0.29) is 17.5 Å². The minimum Gasteiger partial charge on any atom is -0.299 e. The fourth-order valence-electron chi connectivity index (χ4n) is 3.48. The van der Waals surface area contributed by atoms with Crippen molar-refractivity contribution in [3.8, 4) is 0 Å². The fraction of sp³-hybridized carbons (Fsp3) is 0.292. The molecule has 0 aromatic heterocycles.